The zero-order chi connectivity index (χ0) is 27.1. The molecule has 5 fully saturated rings. The van der Waals surface area contributed by atoms with E-state index in [4.69, 9.17) is 14.2 Å². The third-order valence-electron chi connectivity index (χ3n) is 10.2. The Balaban J connectivity index is 0.000000861. The van der Waals surface area contributed by atoms with E-state index in [0.29, 0.717) is 47.8 Å². The van der Waals surface area contributed by atoms with Gasteiger partial charge in [-0.3, -0.25) is 14.4 Å². The minimum atomic E-state index is -0.878. The second-order valence-corrected chi connectivity index (χ2v) is 11.8. The number of rotatable bonds is 7. The van der Waals surface area contributed by atoms with Crippen molar-refractivity contribution < 1.29 is 33.7 Å². The van der Waals surface area contributed by atoms with Gasteiger partial charge in [-0.25, -0.2) is 0 Å². The van der Waals surface area contributed by atoms with Crippen molar-refractivity contribution in [2.75, 3.05) is 14.2 Å². The highest BCUT2D eigenvalue weighted by Gasteiger charge is 2.70. The lowest BCUT2D eigenvalue weighted by Crippen LogP contribution is -2.47. The number of carbonyl (C=O) groups excluding carboxylic acids is 2. The lowest BCUT2D eigenvalue weighted by molar-refractivity contribution is -0.163. The van der Waals surface area contributed by atoms with E-state index in [9.17, 15) is 19.5 Å². The molecule has 0 aromatic heterocycles. The van der Waals surface area contributed by atoms with Crippen molar-refractivity contribution in [1.82, 2.24) is 0 Å². The smallest absolute Gasteiger partial charge is 0.317 e. The molecule has 5 aliphatic rings. The summed E-state index contributed by atoms with van der Waals surface area (Å²) < 4.78 is 16.4. The molecule has 0 amide bonds. The minimum Gasteiger partial charge on any atom is -0.481 e. The number of hydrogen-bond donors (Lipinski definition) is 1. The molecule has 7 nitrogen and oxygen atoms in total. The first-order valence-corrected chi connectivity index (χ1v) is 14.1. The van der Waals surface area contributed by atoms with Crippen LogP contribution in [-0.4, -0.2) is 43.5 Å². The van der Waals surface area contributed by atoms with Gasteiger partial charge < -0.3 is 19.3 Å². The average Bonchev–Trinajstić information content (AvgIpc) is 3.65. The second kappa shape index (κ2) is 11.1. The highest BCUT2D eigenvalue weighted by Crippen LogP contribution is 2.74. The van der Waals surface area contributed by atoms with Gasteiger partial charge >= 0.3 is 17.9 Å². The highest BCUT2D eigenvalue weighted by atomic mass is 16.7. The molecule has 1 aliphatic heterocycles. The number of carbonyl (C=O) groups is 3. The molecule has 1 N–H and O–H groups in total. The normalized spacial score (nSPS) is 42.0. The van der Waals surface area contributed by atoms with Crippen molar-refractivity contribution in [3.63, 3.8) is 0 Å². The molecule has 5 rings (SSSR count). The molecule has 1 heterocycles. The van der Waals surface area contributed by atoms with E-state index >= 15 is 0 Å². The predicted molar refractivity (Wildman–Crippen MR) is 136 cm³/mol. The van der Waals surface area contributed by atoms with E-state index in [-0.39, 0.29) is 18.1 Å². The highest BCUT2D eigenvalue weighted by molar-refractivity contribution is 5.96. The van der Waals surface area contributed by atoms with Crippen LogP contribution < -0.4 is 0 Å². The summed E-state index contributed by atoms with van der Waals surface area (Å²) in [5.41, 5.74) is -0.878. The Morgan fingerprint density at radius 3 is 2.06 bits per heavy atom. The number of fused-ring (bicyclic) bond motifs is 9. The van der Waals surface area contributed by atoms with Crippen LogP contribution in [-0.2, 0) is 28.6 Å². The van der Waals surface area contributed by atoms with E-state index in [1.807, 2.05) is 27.7 Å². The van der Waals surface area contributed by atoms with Crippen molar-refractivity contribution >= 4 is 17.9 Å². The second-order valence-electron chi connectivity index (χ2n) is 11.8. The molecule has 0 aromatic carbocycles. The number of ether oxygens (including phenoxy) is 3. The van der Waals surface area contributed by atoms with Gasteiger partial charge in [0.25, 0.3) is 0 Å². The monoisotopic (exact) mass is 508 g/mol. The average molecular weight is 509 g/mol. The number of methoxy groups -OCH3 is 2. The molecule has 11 atom stereocenters. The van der Waals surface area contributed by atoms with Gasteiger partial charge in [0, 0.05) is 20.1 Å². The summed E-state index contributed by atoms with van der Waals surface area (Å²) in [5.74, 6) is 0.973. The molecule has 4 saturated carbocycles. The Morgan fingerprint density at radius 2 is 1.56 bits per heavy atom. The number of carboxylic acids is 1. The fourth-order valence-electron chi connectivity index (χ4n) is 9.20. The molecular weight excluding hydrogens is 460 g/mol. The molecule has 0 aromatic rings. The molecule has 7 heteroatoms. The number of aliphatic carboxylic acids is 1. The number of carboxylic acid groups (broad SMARTS) is 1. The first kappa shape index (κ1) is 29.1. The van der Waals surface area contributed by atoms with Gasteiger partial charge in [-0.05, 0) is 86.9 Å². The molecule has 4 aliphatic carbocycles. The third-order valence-corrected chi connectivity index (χ3v) is 10.2. The van der Waals surface area contributed by atoms with Crippen LogP contribution in [0.4, 0.5) is 0 Å². The van der Waals surface area contributed by atoms with E-state index in [0.717, 1.165) is 12.8 Å². The lowest BCUT2D eigenvalue weighted by Gasteiger charge is -2.48. The van der Waals surface area contributed by atoms with Crippen molar-refractivity contribution in [3.05, 3.63) is 0 Å². The van der Waals surface area contributed by atoms with Crippen molar-refractivity contribution in [3.8, 4) is 0 Å². The largest absolute Gasteiger partial charge is 0.481 e. The summed E-state index contributed by atoms with van der Waals surface area (Å²) in [6, 6.07) is 0. The maximum Gasteiger partial charge on any atom is 0.317 e. The fraction of sp³-hybridized carbons (Fsp3) is 0.897. The predicted octanol–water partition coefficient (Wildman–Crippen LogP) is 5.26. The quantitative estimate of drug-likeness (QED) is 0.217. The Kier molecular flexibility index (Phi) is 8.97. The summed E-state index contributed by atoms with van der Waals surface area (Å²) >= 11 is 0. The van der Waals surface area contributed by atoms with Crippen molar-refractivity contribution in [2.45, 2.75) is 80.4 Å². The summed E-state index contributed by atoms with van der Waals surface area (Å²) in [6.45, 7) is 13.4. The molecule has 1 saturated heterocycles. The van der Waals surface area contributed by atoms with E-state index < -0.39 is 35.2 Å². The van der Waals surface area contributed by atoms with Gasteiger partial charge in [0.2, 0.25) is 0 Å². The topological polar surface area (TPSA) is 99.1 Å². The van der Waals surface area contributed by atoms with Gasteiger partial charge in [0.1, 0.15) is 0 Å². The Labute approximate surface area is 217 Å². The first-order chi connectivity index (χ1) is 17.1. The summed E-state index contributed by atoms with van der Waals surface area (Å²) in [5, 5.41) is 9.86. The SMILES string of the molecule is CC.CC.COC(OC)C1CC2CC1C1C3CC(C(C4C(=O)OC(=O)C4C)C3CC(C)(C)C(=O)O)C21. The van der Waals surface area contributed by atoms with Crippen LogP contribution in [0.15, 0.2) is 0 Å². The van der Waals surface area contributed by atoms with Gasteiger partial charge in [-0.2, -0.15) is 0 Å². The van der Waals surface area contributed by atoms with Crippen LogP contribution >= 0.6 is 0 Å². The van der Waals surface area contributed by atoms with Crippen LogP contribution in [0.25, 0.3) is 0 Å². The number of esters is 2. The van der Waals surface area contributed by atoms with Crippen LogP contribution in [0.1, 0.15) is 74.1 Å². The molecule has 0 spiro atoms. The summed E-state index contributed by atoms with van der Waals surface area (Å²) in [7, 11) is 3.41. The molecular formula is C29H48O7. The van der Waals surface area contributed by atoms with Gasteiger partial charge in [0.15, 0.2) is 6.29 Å². The first-order valence-electron chi connectivity index (χ1n) is 14.1. The molecule has 4 bridgehead atoms. The van der Waals surface area contributed by atoms with Gasteiger partial charge in [0.05, 0.1) is 17.3 Å². The molecule has 0 radical (unpaired) electrons. The number of hydrogen-bond acceptors (Lipinski definition) is 6. The van der Waals surface area contributed by atoms with E-state index in [2.05, 4.69) is 0 Å². The summed E-state index contributed by atoms with van der Waals surface area (Å²) in [4.78, 5) is 37.0. The molecule has 206 valence electrons. The van der Waals surface area contributed by atoms with Crippen LogP contribution in [0.2, 0.25) is 0 Å². The van der Waals surface area contributed by atoms with Gasteiger partial charge in [-0.15, -0.1) is 0 Å². The van der Waals surface area contributed by atoms with Crippen LogP contribution in [0.5, 0.6) is 0 Å². The standard InChI is InChI=1S/C25H36O7.2C2H6/c1-10-17(22(27)32-21(10)26)20-15-8-13(16(20)9-25(2,3)24(28)29)19-12-6-11(18(15)19)7-14(12)23(30-4)31-5;2*1-2/h10-20,23H,6-9H2,1-5H3,(H,28,29);2*1-2H3. The van der Waals surface area contributed by atoms with Crippen LogP contribution in [0, 0.1) is 70.5 Å². The zero-order valence-corrected chi connectivity index (χ0v) is 23.7. The third kappa shape index (κ3) is 4.42. The summed E-state index contributed by atoms with van der Waals surface area (Å²) in [6.07, 6.45) is 3.62. The maximum atomic E-state index is 12.8. The van der Waals surface area contributed by atoms with E-state index in [1.54, 1.807) is 35.0 Å². The van der Waals surface area contributed by atoms with Crippen molar-refractivity contribution in [2.24, 2.45) is 70.5 Å². The lowest BCUT2D eigenvalue weighted by atomic mass is 9.56. The van der Waals surface area contributed by atoms with Gasteiger partial charge in [-0.1, -0.05) is 34.6 Å². The minimum absolute atomic E-state index is 0.0345. The Hall–Kier alpha value is -1.47. The zero-order valence-electron chi connectivity index (χ0n) is 23.7. The van der Waals surface area contributed by atoms with Crippen molar-refractivity contribution in [1.29, 1.82) is 0 Å². The Bertz CT molecular complexity index is 818. The van der Waals surface area contributed by atoms with E-state index in [1.165, 1.54) is 6.42 Å². The Morgan fingerprint density at radius 1 is 0.944 bits per heavy atom. The maximum absolute atomic E-state index is 12.8. The molecule has 36 heavy (non-hydrogen) atoms. The number of cyclic esters (lactones) is 2. The fourth-order valence-corrected chi connectivity index (χ4v) is 9.20. The molecule has 11 unspecified atom stereocenters. The van der Waals surface area contributed by atoms with Crippen LogP contribution in [0.3, 0.4) is 0 Å².